The van der Waals surface area contributed by atoms with E-state index in [4.69, 9.17) is 14.2 Å². The standard InChI is InChI=1S/C28H30N2O6S/c1-16(2)19-7-9-20(10-8-19)25-24(27(33)36-13-12-34-4)17(3)29-28-30(25)26(32)23(37-28)15-18-6-11-21(31)22(14-18)35-5/h6-11,14-16,25,31H,12-13H2,1-5H3. The molecule has 1 aromatic heterocycles. The number of ether oxygens (including phenoxy) is 3. The minimum atomic E-state index is -0.691. The number of esters is 1. The van der Waals surface area contributed by atoms with E-state index in [1.165, 1.54) is 31.6 Å². The van der Waals surface area contributed by atoms with E-state index >= 15 is 0 Å². The summed E-state index contributed by atoms with van der Waals surface area (Å²) in [6.07, 6.45) is 1.72. The lowest BCUT2D eigenvalue weighted by Crippen LogP contribution is -2.40. The van der Waals surface area contributed by atoms with Crippen molar-refractivity contribution in [1.82, 2.24) is 4.57 Å². The second-order valence-electron chi connectivity index (χ2n) is 8.96. The predicted octanol–water partition coefficient (Wildman–Crippen LogP) is 3.26. The molecule has 0 spiro atoms. The van der Waals surface area contributed by atoms with Crippen molar-refractivity contribution in [1.29, 1.82) is 0 Å². The zero-order chi connectivity index (χ0) is 26.7. The maximum Gasteiger partial charge on any atom is 0.338 e. The van der Waals surface area contributed by atoms with Crippen molar-refractivity contribution >= 4 is 23.4 Å². The van der Waals surface area contributed by atoms with Crippen LogP contribution in [0.3, 0.4) is 0 Å². The first-order chi connectivity index (χ1) is 17.7. The van der Waals surface area contributed by atoms with Gasteiger partial charge < -0.3 is 19.3 Å². The normalized spacial score (nSPS) is 15.5. The lowest BCUT2D eigenvalue weighted by molar-refractivity contribution is -0.140. The summed E-state index contributed by atoms with van der Waals surface area (Å²) in [5.41, 5.74) is 3.17. The molecule has 1 N–H and O–H groups in total. The van der Waals surface area contributed by atoms with Crippen molar-refractivity contribution < 1.29 is 24.1 Å². The minimum Gasteiger partial charge on any atom is -0.504 e. The molecular weight excluding hydrogens is 492 g/mol. The lowest BCUT2D eigenvalue weighted by Gasteiger charge is -2.25. The zero-order valence-electron chi connectivity index (χ0n) is 21.5. The van der Waals surface area contributed by atoms with Crippen molar-refractivity contribution in [3.63, 3.8) is 0 Å². The summed E-state index contributed by atoms with van der Waals surface area (Å²) in [6.45, 7) is 6.34. The molecule has 1 aliphatic rings. The van der Waals surface area contributed by atoms with Crippen LogP contribution in [0.4, 0.5) is 0 Å². The third-order valence-electron chi connectivity index (χ3n) is 6.18. The Balaban J connectivity index is 1.88. The number of hydrogen-bond donors (Lipinski definition) is 1. The lowest BCUT2D eigenvalue weighted by atomic mass is 9.93. The van der Waals surface area contributed by atoms with Gasteiger partial charge in [0.05, 0.1) is 35.6 Å². The molecule has 0 amide bonds. The molecule has 0 aliphatic carbocycles. The second-order valence-corrected chi connectivity index (χ2v) is 9.97. The topological polar surface area (TPSA) is 99.4 Å². The Labute approximate surface area is 218 Å². The Morgan fingerprint density at radius 2 is 1.89 bits per heavy atom. The smallest absolute Gasteiger partial charge is 0.338 e. The Kier molecular flexibility index (Phi) is 7.94. The van der Waals surface area contributed by atoms with Crippen LogP contribution in [0.1, 0.15) is 49.4 Å². The second kappa shape index (κ2) is 11.1. The summed E-state index contributed by atoms with van der Waals surface area (Å²) in [5.74, 6) is 0.127. The highest BCUT2D eigenvalue weighted by Crippen LogP contribution is 2.32. The molecule has 1 atom stereocenters. The van der Waals surface area contributed by atoms with E-state index in [2.05, 4.69) is 18.8 Å². The molecule has 0 bridgehead atoms. The van der Waals surface area contributed by atoms with Gasteiger partial charge in [0.2, 0.25) is 0 Å². The first kappa shape index (κ1) is 26.4. The molecule has 8 nitrogen and oxygen atoms in total. The van der Waals surface area contributed by atoms with Crippen molar-refractivity contribution in [2.24, 2.45) is 4.99 Å². The molecule has 0 radical (unpaired) electrons. The van der Waals surface area contributed by atoms with Gasteiger partial charge in [-0.3, -0.25) is 9.36 Å². The third kappa shape index (κ3) is 5.38. The number of hydrogen-bond acceptors (Lipinski definition) is 8. The first-order valence-corrected chi connectivity index (χ1v) is 12.7. The van der Waals surface area contributed by atoms with Crippen molar-refractivity contribution in [3.8, 4) is 11.5 Å². The number of rotatable bonds is 8. The highest BCUT2D eigenvalue weighted by atomic mass is 32.1. The van der Waals surface area contributed by atoms with Crippen molar-refractivity contribution in [2.75, 3.05) is 27.4 Å². The number of aromatic hydroxyl groups is 1. The van der Waals surface area contributed by atoms with E-state index in [0.717, 1.165) is 11.1 Å². The molecule has 0 saturated carbocycles. The SMILES string of the molecule is COCCOC(=O)C1=C(C)N=c2sc(=Cc3ccc(O)c(OC)c3)c(=O)n2C1c1ccc(C(C)C)cc1. The van der Waals surface area contributed by atoms with Crippen molar-refractivity contribution in [3.05, 3.63) is 90.1 Å². The van der Waals surface area contributed by atoms with Gasteiger partial charge in [-0.2, -0.15) is 0 Å². The van der Waals surface area contributed by atoms with E-state index in [-0.39, 0.29) is 24.5 Å². The fraction of sp³-hybridized carbons (Fsp3) is 0.321. The molecule has 1 aliphatic heterocycles. The summed E-state index contributed by atoms with van der Waals surface area (Å²) >= 11 is 1.24. The zero-order valence-corrected chi connectivity index (χ0v) is 22.3. The number of allylic oxidation sites excluding steroid dienone is 1. The third-order valence-corrected chi connectivity index (χ3v) is 7.17. The van der Waals surface area contributed by atoms with Crippen LogP contribution in [0.15, 0.2) is 63.5 Å². The number of carbonyl (C=O) groups is 1. The Hall–Kier alpha value is -3.69. The van der Waals surface area contributed by atoms with Gasteiger partial charge >= 0.3 is 5.97 Å². The molecule has 0 fully saturated rings. The van der Waals surface area contributed by atoms with Gasteiger partial charge in [-0.1, -0.05) is 55.5 Å². The van der Waals surface area contributed by atoms with Crippen LogP contribution in [-0.4, -0.2) is 43.1 Å². The fourth-order valence-electron chi connectivity index (χ4n) is 4.19. The average molecular weight is 523 g/mol. The molecule has 4 rings (SSSR count). The van der Waals surface area contributed by atoms with E-state index < -0.39 is 12.0 Å². The predicted molar refractivity (Wildman–Crippen MR) is 142 cm³/mol. The maximum absolute atomic E-state index is 13.7. The molecule has 3 aromatic rings. The highest BCUT2D eigenvalue weighted by Gasteiger charge is 2.33. The number of thiazole rings is 1. The van der Waals surface area contributed by atoms with E-state index in [1.54, 1.807) is 29.7 Å². The molecule has 2 heterocycles. The molecular formula is C28H30N2O6S. The fourth-order valence-corrected chi connectivity index (χ4v) is 5.24. The van der Waals surface area contributed by atoms with Crippen LogP contribution in [0, 0.1) is 0 Å². The van der Waals surface area contributed by atoms with Gasteiger partial charge in [-0.25, -0.2) is 9.79 Å². The van der Waals surface area contributed by atoms with Gasteiger partial charge in [0, 0.05) is 7.11 Å². The van der Waals surface area contributed by atoms with Crippen molar-refractivity contribution in [2.45, 2.75) is 32.7 Å². The molecule has 2 aromatic carbocycles. The van der Waals surface area contributed by atoms with Crippen LogP contribution in [0.25, 0.3) is 6.08 Å². The van der Waals surface area contributed by atoms with Gasteiger partial charge in [0.1, 0.15) is 6.61 Å². The number of aromatic nitrogens is 1. The number of fused-ring (bicyclic) bond motifs is 1. The summed E-state index contributed by atoms with van der Waals surface area (Å²) in [6, 6.07) is 12.1. The number of phenols is 1. The Bertz CT molecular complexity index is 1520. The number of benzene rings is 2. The Morgan fingerprint density at radius 3 is 2.54 bits per heavy atom. The molecule has 0 saturated heterocycles. The monoisotopic (exact) mass is 522 g/mol. The molecule has 37 heavy (non-hydrogen) atoms. The maximum atomic E-state index is 13.7. The Morgan fingerprint density at radius 1 is 1.16 bits per heavy atom. The average Bonchev–Trinajstić information content (AvgIpc) is 3.18. The summed E-state index contributed by atoms with van der Waals surface area (Å²) < 4.78 is 17.7. The first-order valence-electron chi connectivity index (χ1n) is 11.9. The summed E-state index contributed by atoms with van der Waals surface area (Å²) in [7, 11) is 3.00. The summed E-state index contributed by atoms with van der Waals surface area (Å²) in [4.78, 5) is 32.1. The van der Waals surface area contributed by atoms with Crippen LogP contribution in [-0.2, 0) is 14.3 Å². The van der Waals surface area contributed by atoms with Gasteiger partial charge in [0.15, 0.2) is 16.3 Å². The molecule has 1 unspecified atom stereocenters. The highest BCUT2D eigenvalue weighted by molar-refractivity contribution is 7.07. The van der Waals surface area contributed by atoms with Crippen LogP contribution >= 0.6 is 11.3 Å². The largest absolute Gasteiger partial charge is 0.504 e. The van der Waals surface area contributed by atoms with Crippen LogP contribution < -0.4 is 19.6 Å². The van der Waals surface area contributed by atoms with Crippen LogP contribution in [0.2, 0.25) is 0 Å². The number of carbonyl (C=O) groups excluding carboxylic acids is 1. The van der Waals surface area contributed by atoms with Gasteiger partial charge in [-0.15, -0.1) is 0 Å². The minimum absolute atomic E-state index is 0.0122. The molecule has 194 valence electrons. The van der Waals surface area contributed by atoms with Crippen LogP contribution in [0.5, 0.6) is 11.5 Å². The van der Waals surface area contributed by atoms with Gasteiger partial charge in [0.25, 0.3) is 5.56 Å². The molecule has 9 heteroatoms. The van der Waals surface area contributed by atoms with Gasteiger partial charge in [-0.05, 0) is 47.7 Å². The van der Waals surface area contributed by atoms with E-state index in [1.807, 2.05) is 24.3 Å². The quantitative estimate of drug-likeness (QED) is 0.360. The summed E-state index contributed by atoms with van der Waals surface area (Å²) in [5, 5.41) is 9.92. The van der Waals surface area contributed by atoms with E-state index in [0.29, 0.717) is 37.8 Å². The number of phenolic OH excluding ortho intramolecular Hbond substituents is 1. The van der Waals surface area contributed by atoms with E-state index in [9.17, 15) is 14.7 Å². The number of nitrogens with zero attached hydrogens (tertiary/aromatic N) is 2. The number of methoxy groups -OCH3 is 2.